The molecule has 6 nitrogen and oxygen atoms in total. The number of phenols is 6. The lowest BCUT2D eigenvalue weighted by Gasteiger charge is -2.18. The molecule has 0 saturated heterocycles. The van der Waals surface area contributed by atoms with E-state index in [9.17, 15) is 30.6 Å². The lowest BCUT2D eigenvalue weighted by atomic mass is 9.87. The van der Waals surface area contributed by atoms with Crippen LogP contribution < -0.4 is 0 Å². The third-order valence-electron chi connectivity index (χ3n) is 6.62. The van der Waals surface area contributed by atoms with Gasteiger partial charge in [0.15, 0.2) is 0 Å². The molecule has 0 atom stereocenters. The van der Waals surface area contributed by atoms with Crippen LogP contribution in [0.15, 0.2) is 84.9 Å². The second kappa shape index (κ2) is 7.71. The summed E-state index contributed by atoms with van der Waals surface area (Å²) in [5, 5.41) is 67.3. The Morgan fingerprint density at radius 3 is 1.00 bits per heavy atom. The van der Waals surface area contributed by atoms with E-state index in [0.717, 1.165) is 0 Å². The monoisotopic (exact) mass is 476 g/mol. The van der Waals surface area contributed by atoms with Crippen molar-refractivity contribution in [3.8, 4) is 56.8 Å². The highest BCUT2D eigenvalue weighted by molar-refractivity contribution is 6.16. The molecule has 176 valence electrons. The first-order valence-electron chi connectivity index (χ1n) is 11.2. The zero-order chi connectivity index (χ0) is 25.1. The highest BCUT2D eigenvalue weighted by atomic mass is 16.3. The Morgan fingerprint density at radius 2 is 0.611 bits per heavy atom. The number of phenolic OH excluding ortho intramolecular Hbond substituents is 6. The predicted octanol–water partition coefficient (Wildman–Crippen LogP) is 6.71. The Kier molecular flexibility index (Phi) is 4.59. The molecule has 0 aliphatic carbocycles. The van der Waals surface area contributed by atoms with E-state index < -0.39 is 0 Å². The minimum Gasteiger partial charge on any atom is -0.508 e. The summed E-state index contributed by atoms with van der Waals surface area (Å²) >= 11 is 0. The predicted molar refractivity (Wildman–Crippen MR) is 140 cm³/mol. The minimum atomic E-state index is -0.0814. The quantitative estimate of drug-likeness (QED) is 0.165. The zero-order valence-electron chi connectivity index (χ0n) is 18.8. The van der Waals surface area contributed by atoms with E-state index >= 15 is 0 Å². The Balaban J connectivity index is 1.75. The molecule has 0 fully saturated rings. The molecule has 0 saturated carbocycles. The summed E-state index contributed by atoms with van der Waals surface area (Å²) in [5.41, 5.74) is 1.44. The molecule has 6 heteroatoms. The van der Waals surface area contributed by atoms with Crippen molar-refractivity contribution in [1.82, 2.24) is 0 Å². The highest BCUT2D eigenvalue weighted by Gasteiger charge is 2.22. The molecule has 6 aromatic carbocycles. The molecule has 36 heavy (non-hydrogen) atoms. The van der Waals surface area contributed by atoms with Crippen LogP contribution in [0.5, 0.6) is 34.5 Å². The maximum atomic E-state index is 11.0. The molecule has 6 rings (SSSR count). The summed E-state index contributed by atoms with van der Waals surface area (Å²) in [4.78, 5) is 0. The Bertz CT molecular complexity index is 1720. The van der Waals surface area contributed by atoms with E-state index in [2.05, 4.69) is 0 Å². The largest absolute Gasteiger partial charge is 0.508 e. The van der Waals surface area contributed by atoms with E-state index in [1.54, 1.807) is 48.5 Å². The normalized spacial score (nSPS) is 11.4. The van der Waals surface area contributed by atoms with Gasteiger partial charge >= 0.3 is 0 Å². The fourth-order valence-corrected chi connectivity index (χ4v) is 5.05. The van der Waals surface area contributed by atoms with E-state index in [-0.39, 0.29) is 34.5 Å². The first-order valence-corrected chi connectivity index (χ1v) is 11.2. The van der Waals surface area contributed by atoms with E-state index in [0.29, 0.717) is 54.6 Å². The fourth-order valence-electron chi connectivity index (χ4n) is 5.05. The van der Waals surface area contributed by atoms with Crippen molar-refractivity contribution in [2.45, 2.75) is 0 Å². The van der Waals surface area contributed by atoms with Gasteiger partial charge in [-0.3, -0.25) is 0 Å². The average Bonchev–Trinajstić information content (AvgIpc) is 2.85. The molecular weight excluding hydrogens is 456 g/mol. The van der Waals surface area contributed by atoms with Crippen molar-refractivity contribution in [2.24, 2.45) is 0 Å². The smallest absolute Gasteiger partial charge is 0.124 e. The summed E-state index contributed by atoms with van der Waals surface area (Å²) in [6, 6.07) is 22.1. The van der Waals surface area contributed by atoms with Crippen LogP contribution in [0.1, 0.15) is 0 Å². The van der Waals surface area contributed by atoms with Crippen LogP contribution in [0.4, 0.5) is 0 Å². The number of benzene rings is 6. The van der Waals surface area contributed by atoms with Gasteiger partial charge in [-0.05, 0) is 105 Å². The van der Waals surface area contributed by atoms with Gasteiger partial charge in [0.05, 0.1) is 0 Å². The van der Waals surface area contributed by atoms with Gasteiger partial charge in [0, 0.05) is 22.3 Å². The van der Waals surface area contributed by atoms with Crippen LogP contribution in [0.3, 0.4) is 0 Å². The molecule has 0 aliphatic rings. The van der Waals surface area contributed by atoms with Gasteiger partial charge in [0.2, 0.25) is 0 Å². The van der Waals surface area contributed by atoms with Crippen molar-refractivity contribution < 1.29 is 30.6 Å². The summed E-state index contributed by atoms with van der Waals surface area (Å²) in [5.74, 6) is -0.135. The standard InChI is InChI=1S/C30H20O6/c31-17-3-5-19-15(13-17)1-9-23(33)27(19)29-21-7-12-26(36)30(22(21)8-11-25(29)35)28-20-6-4-18(32)14-16(20)2-10-24(28)34/h1-14,31-36H. The summed E-state index contributed by atoms with van der Waals surface area (Å²) in [7, 11) is 0. The highest BCUT2D eigenvalue weighted by Crippen LogP contribution is 2.50. The van der Waals surface area contributed by atoms with Crippen molar-refractivity contribution >= 4 is 32.3 Å². The molecule has 0 bridgehead atoms. The maximum absolute atomic E-state index is 11.0. The summed E-state index contributed by atoms with van der Waals surface area (Å²) in [6.45, 7) is 0. The first-order chi connectivity index (χ1) is 17.3. The van der Waals surface area contributed by atoms with E-state index in [1.165, 1.54) is 36.4 Å². The van der Waals surface area contributed by atoms with Gasteiger partial charge in [-0.15, -0.1) is 0 Å². The van der Waals surface area contributed by atoms with Crippen LogP contribution in [-0.4, -0.2) is 30.6 Å². The molecule has 0 heterocycles. The second-order valence-electron chi connectivity index (χ2n) is 8.74. The van der Waals surface area contributed by atoms with Gasteiger partial charge in [-0.25, -0.2) is 0 Å². The molecule has 0 spiro atoms. The Morgan fingerprint density at radius 1 is 0.306 bits per heavy atom. The molecule has 6 N–H and O–H groups in total. The van der Waals surface area contributed by atoms with Gasteiger partial charge in [-0.2, -0.15) is 0 Å². The number of fused-ring (bicyclic) bond motifs is 3. The molecule has 0 unspecified atom stereocenters. The topological polar surface area (TPSA) is 121 Å². The minimum absolute atomic E-state index is 0.0610. The van der Waals surface area contributed by atoms with Crippen molar-refractivity contribution in [3.05, 3.63) is 84.9 Å². The van der Waals surface area contributed by atoms with Gasteiger partial charge in [0.1, 0.15) is 34.5 Å². The Labute approximate surface area is 204 Å². The van der Waals surface area contributed by atoms with Gasteiger partial charge in [-0.1, -0.05) is 12.1 Å². The second-order valence-corrected chi connectivity index (χ2v) is 8.74. The molecule has 0 radical (unpaired) electrons. The van der Waals surface area contributed by atoms with Gasteiger partial charge < -0.3 is 30.6 Å². The first kappa shape index (κ1) is 21.4. The van der Waals surface area contributed by atoms with Crippen LogP contribution in [0.2, 0.25) is 0 Å². The van der Waals surface area contributed by atoms with Crippen LogP contribution in [0, 0.1) is 0 Å². The SMILES string of the molecule is Oc1ccc2c(-c3c(O)ccc4c(-c5c(O)ccc6cc(O)ccc56)c(O)ccc34)c(O)ccc2c1. The third kappa shape index (κ3) is 3.12. The molecule has 6 aromatic rings. The van der Waals surface area contributed by atoms with E-state index in [1.807, 2.05) is 0 Å². The summed E-state index contributed by atoms with van der Waals surface area (Å²) in [6.07, 6.45) is 0. The number of rotatable bonds is 2. The van der Waals surface area contributed by atoms with Crippen molar-refractivity contribution in [2.75, 3.05) is 0 Å². The Hall–Kier alpha value is -5.10. The average molecular weight is 476 g/mol. The third-order valence-corrected chi connectivity index (χ3v) is 6.62. The zero-order valence-corrected chi connectivity index (χ0v) is 18.8. The number of aromatic hydroxyl groups is 6. The number of hydrogen-bond donors (Lipinski definition) is 6. The number of hydrogen-bond acceptors (Lipinski definition) is 6. The van der Waals surface area contributed by atoms with Crippen LogP contribution in [0.25, 0.3) is 54.6 Å². The van der Waals surface area contributed by atoms with E-state index in [4.69, 9.17) is 0 Å². The molecule has 0 aliphatic heterocycles. The fraction of sp³-hybridized carbons (Fsp3) is 0. The van der Waals surface area contributed by atoms with Gasteiger partial charge in [0.25, 0.3) is 0 Å². The molecular formula is C30H20O6. The molecule has 0 aromatic heterocycles. The van der Waals surface area contributed by atoms with Crippen molar-refractivity contribution in [1.29, 1.82) is 0 Å². The van der Waals surface area contributed by atoms with Crippen molar-refractivity contribution in [3.63, 3.8) is 0 Å². The molecule has 0 amide bonds. The lowest BCUT2D eigenvalue weighted by Crippen LogP contribution is -1.91. The van der Waals surface area contributed by atoms with Crippen LogP contribution in [-0.2, 0) is 0 Å². The maximum Gasteiger partial charge on any atom is 0.124 e. The summed E-state index contributed by atoms with van der Waals surface area (Å²) < 4.78 is 0. The van der Waals surface area contributed by atoms with Crippen LogP contribution >= 0.6 is 0 Å². The lowest BCUT2D eigenvalue weighted by molar-refractivity contribution is 0.469.